The average Bonchev–Trinajstić information content (AvgIpc) is 2.26. The molecule has 0 radical (unpaired) electrons. The van der Waals surface area contributed by atoms with Crippen molar-refractivity contribution >= 4 is 0 Å². The maximum atomic E-state index is 13.0. The van der Waals surface area contributed by atoms with Crippen LogP contribution in [0.25, 0.3) is 11.1 Å². The van der Waals surface area contributed by atoms with E-state index in [4.69, 9.17) is 0 Å². The quantitative estimate of drug-likeness (QED) is 0.735. The molecule has 2 aromatic rings. The molecule has 0 atom stereocenters. The van der Waals surface area contributed by atoms with E-state index < -0.39 is 17.5 Å². The fraction of sp³-hybridized carbons (Fsp3) is 0. The van der Waals surface area contributed by atoms with E-state index in [-0.39, 0.29) is 16.9 Å². The van der Waals surface area contributed by atoms with Crippen molar-refractivity contribution in [3.63, 3.8) is 0 Å². The topological polar surface area (TPSA) is 20.2 Å². The molecular formula is C12H7F3O. The highest BCUT2D eigenvalue weighted by Crippen LogP contribution is 2.30. The van der Waals surface area contributed by atoms with Gasteiger partial charge >= 0.3 is 0 Å². The van der Waals surface area contributed by atoms with Crippen LogP contribution in [0.2, 0.25) is 0 Å². The van der Waals surface area contributed by atoms with E-state index in [1.165, 1.54) is 12.1 Å². The molecule has 0 aliphatic carbocycles. The van der Waals surface area contributed by atoms with Crippen molar-refractivity contribution in [1.29, 1.82) is 0 Å². The van der Waals surface area contributed by atoms with Crippen molar-refractivity contribution in [2.45, 2.75) is 0 Å². The summed E-state index contributed by atoms with van der Waals surface area (Å²) < 4.78 is 38.6. The van der Waals surface area contributed by atoms with Crippen LogP contribution >= 0.6 is 0 Å². The normalized spacial score (nSPS) is 10.4. The Labute approximate surface area is 89.8 Å². The Kier molecular flexibility index (Phi) is 2.56. The molecule has 0 heterocycles. The maximum absolute atomic E-state index is 13.0. The van der Waals surface area contributed by atoms with Gasteiger partial charge in [-0.05, 0) is 23.8 Å². The predicted molar refractivity (Wildman–Crippen MR) is 53.4 cm³/mol. The van der Waals surface area contributed by atoms with E-state index in [1.54, 1.807) is 12.1 Å². The van der Waals surface area contributed by atoms with Crippen molar-refractivity contribution < 1.29 is 18.3 Å². The Morgan fingerprint density at radius 3 is 2.00 bits per heavy atom. The molecule has 0 amide bonds. The number of phenolic OH excluding ortho intramolecular Hbond substituents is 1. The Morgan fingerprint density at radius 1 is 0.875 bits per heavy atom. The first-order chi connectivity index (χ1) is 7.59. The summed E-state index contributed by atoms with van der Waals surface area (Å²) in [7, 11) is 0. The molecule has 1 nitrogen and oxygen atoms in total. The van der Waals surface area contributed by atoms with Crippen LogP contribution in [0.5, 0.6) is 5.75 Å². The van der Waals surface area contributed by atoms with Crippen molar-refractivity contribution in [3.8, 4) is 16.9 Å². The highest BCUT2D eigenvalue weighted by Gasteiger charge is 2.12. The maximum Gasteiger partial charge on any atom is 0.194 e. The Bertz CT molecular complexity index is 515. The lowest BCUT2D eigenvalue weighted by Crippen LogP contribution is -1.91. The van der Waals surface area contributed by atoms with E-state index in [0.717, 1.165) is 12.1 Å². The summed E-state index contributed by atoms with van der Waals surface area (Å²) in [5, 5.41) is 9.48. The van der Waals surface area contributed by atoms with Crippen LogP contribution in [0, 0.1) is 17.5 Å². The lowest BCUT2D eigenvalue weighted by molar-refractivity contribution is 0.447. The van der Waals surface area contributed by atoms with Gasteiger partial charge in [0.25, 0.3) is 0 Å². The molecule has 0 spiro atoms. The molecule has 2 rings (SSSR count). The van der Waals surface area contributed by atoms with E-state index >= 15 is 0 Å². The third-order valence-electron chi connectivity index (χ3n) is 2.20. The van der Waals surface area contributed by atoms with Crippen LogP contribution in [0.1, 0.15) is 0 Å². The van der Waals surface area contributed by atoms with Crippen molar-refractivity contribution in [1.82, 2.24) is 0 Å². The molecule has 2 aromatic carbocycles. The second-order valence-corrected chi connectivity index (χ2v) is 3.27. The van der Waals surface area contributed by atoms with Crippen molar-refractivity contribution in [2.24, 2.45) is 0 Å². The van der Waals surface area contributed by atoms with Crippen LogP contribution in [-0.2, 0) is 0 Å². The van der Waals surface area contributed by atoms with Crippen LogP contribution in [0.4, 0.5) is 13.2 Å². The molecule has 4 heteroatoms. The van der Waals surface area contributed by atoms with Crippen molar-refractivity contribution in [2.75, 3.05) is 0 Å². The molecular weight excluding hydrogens is 217 g/mol. The monoisotopic (exact) mass is 224 g/mol. The summed E-state index contributed by atoms with van der Waals surface area (Å²) in [5.74, 6) is -4.19. The lowest BCUT2D eigenvalue weighted by atomic mass is 10.0. The number of benzene rings is 2. The van der Waals surface area contributed by atoms with Gasteiger partial charge in [0.2, 0.25) is 0 Å². The van der Waals surface area contributed by atoms with Gasteiger partial charge in [0, 0.05) is 5.56 Å². The van der Waals surface area contributed by atoms with Gasteiger partial charge in [0.1, 0.15) is 5.75 Å². The molecule has 16 heavy (non-hydrogen) atoms. The minimum atomic E-state index is -1.51. The van der Waals surface area contributed by atoms with Gasteiger partial charge in [-0.1, -0.05) is 18.2 Å². The number of aromatic hydroxyl groups is 1. The number of hydrogen-bond donors (Lipinski definition) is 1. The van der Waals surface area contributed by atoms with Crippen LogP contribution in [0.3, 0.4) is 0 Å². The second-order valence-electron chi connectivity index (χ2n) is 3.27. The van der Waals surface area contributed by atoms with Gasteiger partial charge in [-0.3, -0.25) is 0 Å². The smallest absolute Gasteiger partial charge is 0.194 e. The molecule has 0 unspecified atom stereocenters. The molecule has 0 saturated heterocycles. The first kappa shape index (κ1) is 10.5. The van der Waals surface area contributed by atoms with Gasteiger partial charge in [0.15, 0.2) is 17.5 Å². The molecule has 82 valence electrons. The zero-order valence-corrected chi connectivity index (χ0v) is 8.05. The summed E-state index contributed by atoms with van der Waals surface area (Å²) in [6.45, 7) is 0. The summed E-state index contributed by atoms with van der Waals surface area (Å²) in [6, 6.07) is 7.74. The summed E-state index contributed by atoms with van der Waals surface area (Å²) in [5.41, 5.74) is 0.342. The van der Waals surface area contributed by atoms with E-state index in [0.29, 0.717) is 0 Å². The van der Waals surface area contributed by atoms with Gasteiger partial charge in [0.05, 0.1) is 0 Å². The average molecular weight is 224 g/mol. The number of halogens is 3. The van der Waals surface area contributed by atoms with Gasteiger partial charge in [-0.25, -0.2) is 13.2 Å². The molecule has 1 N–H and O–H groups in total. The molecule has 0 saturated carbocycles. The molecule has 0 aromatic heterocycles. The minimum Gasteiger partial charge on any atom is -0.507 e. The number of phenols is 1. The Hall–Kier alpha value is -1.97. The summed E-state index contributed by atoms with van der Waals surface area (Å²) >= 11 is 0. The first-order valence-corrected chi connectivity index (χ1v) is 4.52. The summed E-state index contributed by atoms with van der Waals surface area (Å²) in [6.07, 6.45) is 0. The Morgan fingerprint density at radius 2 is 1.44 bits per heavy atom. The molecule has 0 fully saturated rings. The Balaban J connectivity index is 2.62. The van der Waals surface area contributed by atoms with Gasteiger partial charge < -0.3 is 5.11 Å². The highest BCUT2D eigenvalue weighted by molar-refractivity contribution is 5.69. The third kappa shape index (κ3) is 1.74. The largest absolute Gasteiger partial charge is 0.507 e. The minimum absolute atomic E-state index is 0.0921. The van der Waals surface area contributed by atoms with Crippen LogP contribution in [-0.4, -0.2) is 5.11 Å². The van der Waals surface area contributed by atoms with Gasteiger partial charge in [-0.2, -0.15) is 0 Å². The predicted octanol–water partition coefficient (Wildman–Crippen LogP) is 3.48. The van der Waals surface area contributed by atoms with Crippen LogP contribution < -0.4 is 0 Å². The first-order valence-electron chi connectivity index (χ1n) is 4.52. The fourth-order valence-electron chi connectivity index (χ4n) is 1.43. The molecule has 0 aliphatic rings. The standard InChI is InChI=1S/C12H7F3O/c13-9-5-7(6-10(14)12(9)15)8-3-1-2-4-11(8)16/h1-6,16H. The fourth-order valence-corrected chi connectivity index (χ4v) is 1.43. The van der Waals surface area contributed by atoms with E-state index in [1.807, 2.05) is 0 Å². The number of para-hydroxylation sites is 1. The van der Waals surface area contributed by atoms with E-state index in [2.05, 4.69) is 0 Å². The zero-order valence-electron chi connectivity index (χ0n) is 8.05. The third-order valence-corrected chi connectivity index (χ3v) is 2.20. The molecule has 0 bridgehead atoms. The second kappa shape index (κ2) is 3.89. The zero-order chi connectivity index (χ0) is 11.7. The SMILES string of the molecule is Oc1ccccc1-c1cc(F)c(F)c(F)c1. The highest BCUT2D eigenvalue weighted by atomic mass is 19.2. The number of hydrogen-bond acceptors (Lipinski definition) is 1. The van der Waals surface area contributed by atoms with E-state index in [9.17, 15) is 18.3 Å². The lowest BCUT2D eigenvalue weighted by Gasteiger charge is -2.05. The van der Waals surface area contributed by atoms with Crippen LogP contribution in [0.15, 0.2) is 36.4 Å². The number of rotatable bonds is 1. The molecule has 0 aliphatic heterocycles. The van der Waals surface area contributed by atoms with Crippen molar-refractivity contribution in [3.05, 3.63) is 53.8 Å². The van der Waals surface area contributed by atoms with Gasteiger partial charge in [-0.15, -0.1) is 0 Å². The summed E-state index contributed by atoms with van der Waals surface area (Å²) in [4.78, 5) is 0.